The van der Waals surface area contributed by atoms with Gasteiger partial charge in [-0.3, -0.25) is 9.69 Å². The second-order valence-electron chi connectivity index (χ2n) is 6.29. The predicted octanol–water partition coefficient (Wildman–Crippen LogP) is 2.13. The Hall–Kier alpha value is -2.30. The molecule has 0 bridgehead atoms. The summed E-state index contributed by atoms with van der Waals surface area (Å²) in [6.45, 7) is 5.40. The largest absolute Gasteiger partial charge is 0.333 e. The molecule has 2 aliphatic rings. The van der Waals surface area contributed by atoms with Gasteiger partial charge in [-0.1, -0.05) is 44.2 Å². The molecule has 0 radical (unpaired) electrons. The van der Waals surface area contributed by atoms with Crippen molar-refractivity contribution in [2.75, 3.05) is 20.1 Å². The van der Waals surface area contributed by atoms with E-state index < -0.39 is 0 Å². The molecule has 0 fully saturated rings. The number of carbonyl (C=O) groups is 2. The van der Waals surface area contributed by atoms with Crippen LogP contribution in [0.5, 0.6) is 0 Å². The van der Waals surface area contributed by atoms with E-state index in [-0.39, 0.29) is 18.0 Å². The molecule has 3 amide bonds. The van der Waals surface area contributed by atoms with Crippen molar-refractivity contribution in [1.82, 2.24) is 15.1 Å². The number of nitrogens with one attached hydrogen (secondary N) is 1. The molecule has 1 aromatic carbocycles. The van der Waals surface area contributed by atoms with E-state index in [1.54, 1.807) is 11.9 Å². The highest BCUT2D eigenvalue weighted by Crippen LogP contribution is 2.35. The van der Waals surface area contributed by atoms with Gasteiger partial charge in [-0.25, -0.2) is 4.79 Å². The maximum absolute atomic E-state index is 12.8. The monoisotopic (exact) mass is 299 g/mol. The van der Waals surface area contributed by atoms with E-state index in [1.807, 2.05) is 35.2 Å². The Morgan fingerprint density at radius 2 is 1.91 bits per heavy atom. The Kier molecular flexibility index (Phi) is 3.64. The zero-order chi connectivity index (χ0) is 15.9. The third kappa shape index (κ3) is 2.36. The van der Waals surface area contributed by atoms with Gasteiger partial charge in [-0.2, -0.15) is 0 Å². The van der Waals surface area contributed by atoms with Crippen LogP contribution in [-0.4, -0.2) is 41.9 Å². The summed E-state index contributed by atoms with van der Waals surface area (Å²) in [6.07, 6.45) is 0. The normalized spacial score (nSPS) is 21.5. The topological polar surface area (TPSA) is 52.7 Å². The van der Waals surface area contributed by atoms with Crippen LogP contribution in [0.1, 0.15) is 25.5 Å². The van der Waals surface area contributed by atoms with Gasteiger partial charge in [0, 0.05) is 13.6 Å². The first-order chi connectivity index (χ1) is 10.5. The molecule has 1 atom stereocenters. The van der Waals surface area contributed by atoms with Crippen LogP contribution in [0.25, 0.3) is 0 Å². The second-order valence-corrected chi connectivity index (χ2v) is 6.29. The van der Waals surface area contributed by atoms with Gasteiger partial charge in [0.25, 0.3) is 5.91 Å². The Labute approximate surface area is 130 Å². The fourth-order valence-electron chi connectivity index (χ4n) is 3.11. The summed E-state index contributed by atoms with van der Waals surface area (Å²) in [7, 11) is 1.72. The van der Waals surface area contributed by atoms with Gasteiger partial charge in [0.1, 0.15) is 0 Å². The van der Waals surface area contributed by atoms with Gasteiger partial charge < -0.3 is 10.2 Å². The fourth-order valence-corrected chi connectivity index (χ4v) is 3.11. The third-order valence-corrected chi connectivity index (χ3v) is 4.15. The minimum atomic E-state index is -0.357. The number of hydrogen-bond donors (Lipinski definition) is 1. The molecule has 5 heteroatoms. The Bertz CT molecular complexity index is 637. The van der Waals surface area contributed by atoms with Crippen molar-refractivity contribution in [3.8, 4) is 0 Å². The lowest BCUT2D eigenvalue weighted by Crippen LogP contribution is -2.45. The van der Waals surface area contributed by atoms with Crippen LogP contribution in [0, 0.1) is 5.92 Å². The fraction of sp³-hybridized carbons (Fsp3) is 0.412. The summed E-state index contributed by atoms with van der Waals surface area (Å²) in [5.74, 6) is 0.429. The third-order valence-electron chi connectivity index (χ3n) is 4.15. The molecule has 1 N–H and O–H groups in total. The highest BCUT2D eigenvalue weighted by atomic mass is 16.2. The van der Waals surface area contributed by atoms with Crippen molar-refractivity contribution in [2.45, 2.75) is 19.9 Å². The zero-order valence-corrected chi connectivity index (χ0v) is 13.2. The standard InChI is InChI=1S/C17H21N3O2/c1-11(2)9-20-10-13-14(16(20)21)15(18-17(22)19(13)3)12-7-5-4-6-8-12/h4-8,11,15H,9-10H2,1-3H3,(H,18,22)/t15-/m0/s1. The van der Waals surface area contributed by atoms with Crippen molar-refractivity contribution >= 4 is 11.9 Å². The van der Waals surface area contributed by atoms with E-state index >= 15 is 0 Å². The van der Waals surface area contributed by atoms with Gasteiger partial charge in [-0.15, -0.1) is 0 Å². The summed E-state index contributed by atoms with van der Waals surface area (Å²) in [6, 6.07) is 9.14. The van der Waals surface area contributed by atoms with E-state index in [0.717, 1.165) is 11.3 Å². The van der Waals surface area contributed by atoms with Gasteiger partial charge in [0.15, 0.2) is 0 Å². The molecular weight excluding hydrogens is 278 g/mol. The summed E-state index contributed by atoms with van der Waals surface area (Å²) >= 11 is 0. The highest BCUT2D eigenvalue weighted by molar-refractivity contribution is 6.01. The molecule has 0 unspecified atom stereocenters. The predicted molar refractivity (Wildman–Crippen MR) is 83.9 cm³/mol. The maximum Gasteiger partial charge on any atom is 0.322 e. The molecule has 3 rings (SSSR count). The lowest BCUT2D eigenvalue weighted by atomic mass is 9.96. The molecule has 116 valence electrons. The number of urea groups is 1. The van der Waals surface area contributed by atoms with Crippen molar-refractivity contribution in [1.29, 1.82) is 0 Å². The summed E-state index contributed by atoms with van der Waals surface area (Å²) < 4.78 is 0. The van der Waals surface area contributed by atoms with Crippen molar-refractivity contribution in [3.63, 3.8) is 0 Å². The van der Waals surface area contributed by atoms with E-state index in [0.29, 0.717) is 24.6 Å². The number of nitrogens with zero attached hydrogens (tertiary/aromatic N) is 2. The number of amides is 3. The number of benzene rings is 1. The zero-order valence-electron chi connectivity index (χ0n) is 13.2. The molecule has 0 spiro atoms. The number of carbonyl (C=O) groups excluding carboxylic acids is 2. The summed E-state index contributed by atoms with van der Waals surface area (Å²) in [5.41, 5.74) is 2.47. The Morgan fingerprint density at radius 3 is 2.55 bits per heavy atom. The van der Waals surface area contributed by atoms with Crippen molar-refractivity contribution in [3.05, 3.63) is 47.2 Å². The molecule has 22 heavy (non-hydrogen) atoms. The van der Waals surface area contributed by atoms with Crippen LogP contribution < -0.4 is 5.32 Å². The van der Waals surface area contributed by atoms with Crippen LogP contribution in [0.3, 0.4) is 0 Å². The van der Waals surface area contributed by atoms with Gasteiger partial charge >= 0.3 is 6.03 Å². The molecule has 1 aromatic rings. The highest BCUT2D eigenvalue weighted by Gasteiger charge is 2.42. The molecule has 2 heterocycles. The number of likely N-dealkylation sites (N-methyl/N-ethyl adjacent to an activating group) is 1. The van der Waals surface area contributed by atoms with Gasteiger partial charge in [0.05, 0.1) is 23.9 Å². The lowest BCUT2D eigenvalue weighted by molar-refractivity contribution is -0.126. The summed E-state index contributed by atoms with van der Waals surface area (Å²) in [4.78, 5) is 28.4. The molecule has 0 aromatic heterocycles. The van der Waals surface area contributed by atoms with Gasteiger partial charge in [-0.05, 0) is 11.5 Å². The number of hydrogen-bond acceptors (Lipinski definition) is 2. The quantitative estimate of drug-likeness (QED) is 0.929. The first kappa shape index (κ1) is 14.6. The SMILES string of the molecule is CC(C)CN1CC2=C(C1=O)[C@H](c1ccccc1)NC(=O)N2C. The molecule has 0 saturated heterocycles. The molecule has 0 aliphatic carbocycles. The molecule has 5 nitrogen and oxygen atoms in total. The van der Waals surface area contributed by atoms with Crippen molar-refractivity contribution < 1.29 is 9.59 Å². The first-order valence-electron chi connectivity index (χ1n) is 7.60. The lowest BCUT2D eigenvalue weighted by Gasteiger charge is -2.31. The average molecular weight is 299 g/mol. The molecule has 0 saturated carbocycles. The Balaban J connectivity index is 1.99. The first-order valence-corrected chi connectivity index (χ1v) is 7.60. The molecule has 2 aliphatic heterocycles. The van der Waals surface area contributed by atoms with Gasteiger partial charge in [0.2, 0.25) is 0 Å². The van der Waals surface area contributed by atoms with Crippen LogP contribution in [0.15, 0.2) is 41.6 Å². The van der Waals surface area contributed by atoms with E-state index in [4.69, 9.17) is 0 Å². The van der Waals surface area contributed by atoms with Crippen LogP contribution in [-0.2, 0) is 4.79 Å². The van der Waals surface area contributed by atoms with E-state index in [1.165, 1.54) is 0 Å². The van der Waals surface area contributed by atoms with E-state index in [9.17, 15) is 9.59 Å². The smallest absolute Gasteiger partial charge is 0.322 e. The number of rotatable bonds is 3. The second kappa shape index (κ2) is 5.48. The average Bonchev–Trinajstić information content (AvgIpc) is 2.81. The molecular formula is C17H21N3O2. The van der Waals surface area contributed by atoms with E-state index in [2.05, 4.69) is 19.2 Å². The minimum absolute atomic E-state index is 0.0319. The minimum Gasteiger partial charge on any atom is -0.333 e. The van der Waals surface area contributed by atoms with Crippen LogP contribution in [0.2, 0.25) is 0 Å². The Morgan fingerprint density at radius 1 is 1.23 bits per heavy atom. The maximum atomic E-state index is 12.8. The summed E-state index contributed by atoms with van der Waals surface area (Å²) in [5, 5.41) is 2.94. The van der Waals surface area contributed by atoms with Crippen LogP contribution >= 0.6 is 0 Å². The van der Waals surface area contributed by atoms with Crippen molar-refractivity contribution in [2.24, 2.45) is 5.92 Å². The van der Waals surface area contributed by atoms with Crippen LogP contribution in [0.4, 0.5) is 4.79 Å².